The van der Waals surface area contributed by atoms with E-state index in [1.165, 1.54) is 11.3 Å². The lowest BCUT2D eigenvalue weighted by atomic mass is 9.99. The van der Waals surface area contributed by atoms with E-state index in [1.54, 1.807) is 4.90 Å². The largest absolute Gasteiger partial charge is 0.481 e. The normalized spacial score (nSPS) is 22.4. The van der Waals surface area contributed by atoms with Crippen molar-refractivity contribution in [2.45, 2.75) is 6.92 Å². The van der Waals surface area contributed by atoms with Gasteiger partial charge in [0.15, 0.2) is 0 Å². The molecule has 1 fully saturated rings. The van der Waals surface area contributed by atoms with Gasteiger partial charge in [0.05, 0.1) is 10.8 Å². The second kappa shape index (κ2) is 4.90. The quantitative estimate of drug-likeness (QED) is 0.924. The highest BCUT2D eigenvalue weighted by Gasteiger charge is 2.37. The topological polar surface area (TPSA) is 57.6 Å². The van der Waals surface area contributed by atoms with Crippen molar-refractivity contribution < 1.29 is 14.7 Å². The van der Waals surface area contributed by atoms with Crippen molar-refractivity contribution in [2.75, 3.05) is 13.1 Å². The molecule has 2 aromatic rings. The van der Waals surface area contributed by atoms with Gasteiger partial charge in [0, 0.05) is 17.8 Å². The van der Waals surface area contributed by atoms with Crippen LogP contribution in [0.5, 0.6) is 0 Å². The minimum atomic E-state index is -0.816. The van der Waals surface area contributed by atoms with E-state index in [9.17, 15) is 9.59 Å². The molecular weight excluding hydrogens is 274 g/mol. The lowest BCUT2D eigenvalue weighted by Gasteiger charge is -2.14. The Balaban J connectivity index is 1.84. The first kappa shape index (κ1) is 13.1. The fraction of sp³-hybridized carbons (Fsp3) is 0.333. The van der Waals surface area contributed by atoms with Gasteiger partial charge in [-0.25, -0.2) is 0 Å². The summed E-state index contributed by atoms with van der Waals surface area (Å²) in [6.45, 7) is 2.71. The third kappa shape index (κ3) is 2.18. The molecule has 104 valence electrons. The SMILES string of the molecule is CC1CN(C(=O)c2cc3ccccc3s2)CC1C(=O)O. The molecule has 0 saturated carbocycles. The number of benzene rings is 1. The zero-order valence-corrected chi connectivity index (χ0v) is 11.9. The molecule has 0 spiro atoms. The van der Waals surface area contributed by atoms with E-state index < -0.39 is 11.9 Å². The van der Waals surface area contributed by atoms with Crippen molar-refractivity contribution in [1.82, 2.24) is 4.90 Å². The molecule has 1 aromatic heterocycles. The summed E-state index contributed by atoms with van der Waals surface area (Å²) in [6.07, 6.45) is 0. The van der Waals surface area contributed by atoms with E-state index >= 15 is 0 Å². The molecule has 1 saturated heterocycles. The summed E-state index contributed by atoms with van der Waals surface area (Å²) < 4.78 is 1.08. The number of carboxylic acids is 1. The van der Waals surface area contributed by atoms with Gasteiger partial charge >= 0.3 is 5.97 Å². The maximum absolute atomic E-state index is 12.5. The van der Waals surface area contributed by atoms with Gasteiger partial charge in [0.2, 0.25) is 0 Å². The molecule has 1 N–H and O–H groups in total. The van der Waals surface area contributed by atoms with Gasteiger partial charge in [-0.05, 0) is 23.4 Å². The van der Waals surface area contributed by atoms with E-state index in [2.05, 4.69) is 0 Å². The van der Waals surface area contributed by atoms with Crippen LogP contribution in [0.15, 0.2) is 30.3 Å². The van der Waals surface area contributed by atoms with Gasteiger partial charge in [-0.2, -0.15) is 0 Å². The van der Waals surface area contributed by atoms with Crippen molar-refractivity contribution in [3.63, 3.8) is 0 Å². The highest BCUT2D eigenvalue weighted by molar-refractivity contribution is 7.20. The Morgan fingerprint density at radius 1 is 1.30 bits per heavy atom. The predicted molar refractivity (Wildman–Crippen MR) is 78.0 cm³/mol. The van der Waals surface area contributed by atoms with Crippen LogP contribution in [0.4, 0.5) is 0 Å². The van der Waals surface area contributed by atoms with Crippen LogP contribution in [0.2, 0.25) is 0 Å². The summed E-state index contributed by atoms with van der Waals surface area (Å²) in [5.74, 6) is -1.31. The average Bonchev–Trinajstić information content (AvgIpc) is 3.01. The van der Waals surface area contributed by atoms with Crippen molar-refractivity contribution in [2.24, 2.45) is 11.8 Å². The molecule has 1 aromatic carbocycles. The Morgan fingerprint density at radius 2 is 2.05 bits per heavy atom. The van der Waals surface area contributed by atoms with Crippen LogP contribution in [-0.2, 0) is 4.79 Å². The molecule has 0 bridgehead atoms. The highest BCUT2D eigenvalue weighted by Crippen LogP contribution is 2.29. The van der Waals surface area contributed by atoms with Crippen LogP contribution < -0.4 is 0 Å². The number of carbonyl (C=O) groups is 2. The first-order chi connectivity index (χ1) is 9.56. The minimum Gasteiger partial charge on any atom is -0.481 e. The monoisotopic (exact) mass is 289 g/mol. The maximum atomic E-state index is 12.5. The van der Waals surface area contributed by atoms with Crippen molar-refractivity contribution >= 4 is 33.3 Å². The Kier molecular flexibility index (Phi) is 3.22. The Morgan fingerprint density at radius 3 is 2.70 bits per heavy atom. The summed E-state index contributed by atoms with van der Waals surface area (Å²) in [5.41, 5.74) is 0. The van der Waals surface area contributed by atoms with Gasteiger partial charge in [-0.3, -0.25) is 9.59 Å². The van der Waals surface area contributed by atoms with Crippen molar-refractivity contribution in [3.8, 4) is 0 Å². The summed E-state index contributed by atoms with van der Waals surface area (Å²) >= 11 is 1.46. The molecule has 2 heterocycles. The molecule has 0 aliphatic carbocycles. The van der Waals surface area contributed by atoms with Gasteiger partial charge in [0.1, 0.15) is 0 Å². The zero-order chi connectivity index (χ0) is 14.3. The lowest BCUT2D eigenvalue weighted by Crippen LogP contribution is -2.29. The number of hydrogen-bond acceptors (Lipinski definition) is 3. The summed E-state index contributed by atoms with van der Waals surface area (Å²) in [4.78, 5) is 25.9. The molecule has 20 heavy (non-hydrogen) atoms. The molecule has 3 rings (SSSR count). The van der Waals surface area contributed by atoms with Crippen LogP contribution in [0.25, 0.3) is 10.1 Å². The Hall–Kier alpha value is -1.88. The fourth-order valence-corrected chi connectivity index (χ4v) is 3.73. The molecule has 2 atom stereocenters. The number of nitrogens with zero attached hydrogens (tertiary/aromatic N) is 1. The number of fused-ring (bicyclic) bond motifs is 1. The van der Waals surface area contributed by atoms with Gasteiger partial charge < -0.3 is 10.0 Å². The van der Waals surface area contributed by atoms with Gasteiger partial charge in [-0.1, -0.05) is 25.1 Å². The fourth-order valence-electron chi connectivity index (χ4n) is 2.70. The second-order valence-corrected chi connectivity index (χ2v) is 6.36. The van der Waals surface area contributed by atoms with Crippen LogP contribution >= 0.6 is 11.3 Å². The molecule has 2 unspecified atom stereocenters. The third-order valence-corrected chi connectivity index (χ3v) is 4.96. The molecule has 4 nitrogen and oxygen atoms in total. The summed E-state index contributed by atoms with van der Waals surface area (Å²) in [7, 11) is 0. The number of likely N-dealkylation sites (tertiary alicyclic amines) is 1. The zero-order valence-electron chi connectivity index (χ0n) is 11.1. The number of carboxylic acid groups (broad SMARTS) is 1. The van der Waals surface area contributed by atoms with Crippen LogP contribution in [0, 0.1) is 11.8 Å². The third-order valence-electron chi connectivity index (χ3n) is 3.85. The van der Waals surface area contributed by atoms with E-state index in [4.69, 9.17) is 5.11 Å². The van der Waals surface area contributed by atoms with Crippen LogP contribution in [-0.4, -0.2) is 35.0 Å². The van der Waals surface area contributed by atoms with Gasteiger partial charge in [0.25, 0.3) is 5.91 Å². The molecule has 1 amide bonds. The first-order valence-electron chi connectivity index (χ1n) is 6.57. The van der Waals surface area contributed by atoms with Crippen molar-refractivity contribution in [3.05, 3.63) is 35.2 Å². The standard InChI is InChI=1S/C15H15NO3S/c1-9-7-16(8-11(9)15(18)19)14(17)13-6-10-4-2-3-5-12(10)20-13/h2-6,9,11H,7-8H2,1H3,(H,18,19). The molecule has 1 aliphatic rings. The van der Waals surface area contributed by atoms with Crippen molar-refractivity contribution in [1.29, 1.82) is 0 Å². The molecular formula is C15H15NO3S. The predicted octanol–water partition coefficient (Wildman–Crippen LogP) is 2.69. The van der Waals surface area contributed by atoms with E-state index in [0.29, 0.717) is 18.0 Å². The van der Waals surface area contributed by atoms with Crippen LogP contribution in [0.3, 0.4) is 0 Å². The molecule has 0 radical (unpaired) electrons. The smallest absolute Gasteiger partial charge is 0.308 e. The maximum Gasteiger partial charge on any atom is 0.308 e. The van der Waals surface area contributed by atoms with Crippen LogP contribution in [0.1, 0.15) is 16.6 Å². The molecule has 1 aliphatic heterocycles. The Labute approximate surface area is 120 Å². The van der Waals surface area contributed by atoms with E-state index in [-0.39, 0.29) is 11.8 Å². The summed E-state index contributed by atoms with van der Waals surface area (Å²) in [6, 6.07) is 9.76. The lowest BCUT2D eigenvalue weighted by molar-refractivity contribution is -0.142. The average molecular weight is 289 g/mol. The highest BCUT2D eigenvalue weighted by atomic mass is 32.1. The van der Waals surface area contributed by atoms with E-state index in [0.717, 1.165) is 10.1 Å². The number of hydrogen-bond donors (Lipinski definition) is 1. The molecule has 5 heteroatoms. The number of amides is 1. The number of carbonyl (C=O) groups excluding carboxylic acids is 1. The minimum absolute atomic E-state index is 0.00540. The first-order valence-corrected chi connectivity index (χ1v) is 7.38. The number of aliphatic carboxylic acids is 1. The Bertz CT molecular complexity index is 646. The number of rotatable bonds is 2. The van der Waals surface area contributed by atoms with E-state index in [1.807, 2.05) is 37.3 Å². The van der Waals surface area contributed by atoms with Gasteiger partial charge in [-0.15, -0.1) is 11.3 Å². The second-order valence-electron chi connectivity index (χ2n) is 5.28. The summed E-state index contributed by atoms with van der Waals surface area (Å²) in [5, 5.41) is 10.2. The number of thiophene rings is 1.